The highest BCUT2D eigenvalue weighted by Gasteiger charge is 2.22. The Hall–Kier alpha value is -1.36. The molecule has 5 heteroatoms. The van der Waals surface area contributed by atoms with Gasteiger partial charge in [-0.15, -0.1) is 0 Å². The summed E-state index contributed by atoms with van der Waals surface area (Å²) in [6.07, 6.45) is 1.65. The Labute approximate surface area is 115 Å². The lowest BCUT2D eigenvalue weighted by Crippen LogP contribution is -2.39. The molecule has 0 aromatic carbocycles. The van der Waals surface area contributed by atoms with Crippen molar-refractivity contribution in [2.45, 2.75) is 45.6 Å². The van der Waals surface area contributed by atoms with Crippen LogP contribution in [0, 0.1) is 6.92 Å². The zero-order valence-corrected chi connectivity index (χ0v) is 12.3. The number of aromatic nitrogens is 2. The van der Waals surface area contributed by atoms with E-state index in [1.807, 2.05) is 14.0 Å². The number of nitrogens with one attached hydrogen (secondary N) is 1. The van der Waals surface area contributed by atoms with Gasteiger partial charge in [-0.3, -0.25) is 0 Å². The van der Waals surface area contributed by atoms with E-state index in [0.717, 1.165) is 42.4 Å². The van der Waals surface area contributed by atoms with E-state index in [2.05, 4.69) is 29.0 Å². The van der Waals surface area contributed by atoms with Crippen LogP contribution >= 0.6 is 0 Å². The molecule has 0 bridgehead atoms. The van der Waals surface area contributed by atoms with Gasteiger partial charge in [-0.2, -0.15) is 0 Å². The molecule has 0 aliphatic carbocycles. The Bertz CT molecular complexity index is 447. The Morgan fingerprint density at radius 1 is 1.37 bits per heavy atom. The first kappa shape index (κ1) is 14.1. The normalized spacial score (nSPS) is 19.9. The minimum Gasteiger partial charge on any atom is -0.391 e. The first-order chi connectivity index (χ1) is 9.02. The van der Waals surface area contributed by atoms with Gasteiger partial charge in [-0.05, 0) is 19.8 Å². The van der Waals surface area contributed by atoms with Crippen molar-refractivity contribution in [2.24, 2.45) is 0 Å². The number of anilines is 2. The SMILES string of the molecule is CNc1nc(C(C)C)nc(N2CCCC(O)C2)c1C. The lowest BCUT2D eigenvalue weighted by Gasteiger charge is -2.32. The second-order valence-electron chi connectivity index (χ2n) is 5.53. The third-order valence-corrected chi connectivity index (χ3v) is 3.59. The largest absolute Gasteiger partial charge is 0.391 e. The first-order valence-electron chi connectivity index (χ1n) is 7.02. The smallest absolute Gasteiger partial charge is 0.137 e. The van der Waals surface area contributed by atoms with E-state index < -0.39 is 0 Å². The maximum Gasteiger partial charge on any atom is 0.137 e. The number of piperidine rings is 1. The molecule has 1 aliphatic rings. The molecule has 0 spiro atoms. The van der Waals surface area contributed by atoms with Crippen molar-refractivity contribution in [3.8, 4) is 0 Å². The molecule has 1 aliphatic heterocycles. The molecular weight excluding hydrogens is 240 g/mol. The summed E-state index contributed by atoms with van der Waals surface area (Å²) >= 11 is 0. The predicted molar refractivity (Wildman–Crippen MR) is 77.9 cm³/mol. The minimum atomic E-state index is -0.247. The molecule has 0 saturated carbocycles. The second kappa shape index (κ2) is 5.74. The van der Waals surface area contributed by atoms with Crippen molar-refractivity contribution in [1.29, 1.82) is 0 Å². The highest BCUT2D eigenvalue weighted by atomic mass is 16.3. The quantitative estimate of drug-likeness (QED) is 0.873. The van der Waals surface area contributed by atoms with Gasteiger partial charge in [0.05, 0.1) is 6.10 Å². The number of hydrogen-bond donors (Lipinski definition) is 2. The van der Waals surface area contributed by atoms with E-state index in [1.165, 1.54) is 0 Å². The summed E-state index contributed by atoms with van der Waals surface area (Å²) in [5.74, 6) is 2.99. The summed E-state index contributed by atoms with van der Waals surface area (Å²) in [7, 11) is 1.88. The molecule has 2 rings (SSSR count). The molecule has 1 fully saturated rings. The fraction of sp³-hybridized carbons (Fsp3) is 0.714. The molecule has 106 valence electrons. The number of β-amino-alcohol motifs (C(OH)–C–C–N with tert-alkyl or cyclic N) is 1. The summed E-state index contributed by atoms with van der Waals surface area (Å²) in [4.78, 5) is 11.4. The number of rotatable bonds is 3. The maximum atomic E-state index is 9.84. The third kappa shape index (κ3) is 2.97. The molecule has 1 aromatic rings. The highest BCUT2D eigenvalue weighted by molar-refractivity contribution is 5.58. The van der Waals surface area contributed by atoms with Crippen molar-refractivity contribution < 1.29 is 5.11 Å². The summed E-state index contributed by atoms with van der Waals surface area (Å²) < 4.78 is 0. The van der Waals surface area contributed by atoms with Crippen LogP contribution in [-0.4, -0.2) is 41.3 Å². The van der Waals surface area contributed by atoms with Crippen LogP contribution in [0.15, 0.2) is 0 Å². The molecule has 2 N–H and O–H groups in total. The molecule has 0 amide bonds. The van der Waals surface area contributed by atoms with E-state index in [4.69, 9.17) is 4.98 Å². The summed E-state index contributed by atoms with van der Waals surface area (Å²) in [5.41, 5.74) is 1.06. The molecular formula is C14H24N4O. The highest BCUT2D eigenvalue weighted by Crippen LogP contribution is 2.27. The zero-order valence-electron chi connectivity index (χ0n) is 12.3. The van der Waals surface area contributed by atoms with Crippen LogP contribution in [0.1, 0.15) is 44.0 Å². The van der Waals surface area contributed by atoms with E-state index in [-0.39, 0.29) is 6.10 Å². The van der Waals surface area contributed by atoms with E-state index >= 15 is 0 Å². The van der Waals surface area contributed by atoms with E-state index in [9.17, 15) is 5.11 Å². The molecule has 1 unspecified atom stereocenters. The van der Waals surface area contributed by atoms with Gasteiger partial charge in [0, 0.05) is 31.6 Å². The lowest BCUT2D eigenvalue weighted by atomic mass is 10.1. The van der Waals surface area contributed by atoms with Crippen molar-refractivity contribution in [3.05, 3.63) is 11.4 Å². The number of nitrogens with zero attached hydrogens (tertiary/aromatic N) is 3. The fourth-order valence-corrected chi connectivity index (χ4v) is 2.48. The van der Waals surface area contributed by atoms with Gasteiger partial charge in [0.2, 0.25) is 0 Å². The Morgan fingerprint density at radius 3 is 2.68 bits per heavy atom. The van der Waals surface area contributed by atoms with Crippen LogP contribution in [0.5, 0.6) is 0 Å². The predicted octanol–water partition coefficient (Wildman–Crippen LogP) is 1.91. The van der Waals surface area contributed by atoms with Crippen LogP contribution in [-0.2, 0) is 0 Å². The molecule has 1 atom stereocenters. The van der Waals surface area contributed by atoms with Gasteiger partial charge < -0.3 is 15.3 Å². The van der Waals surface area contributed by atoms with E-state index in [1.54, 1.807) is 0 Å². The number of aliphatic hydroxyl groups is 1. The third-order valence-electron chi connectivity index (χ3n) is 3.59. The van der Waals surface area contributed by atoms with Gasteiger partial charge >= 0.3 is 0 Å². The molecule has 1 aromatic heterocycles. The van der Waals surface area contributed by atoms with Crippen LogP contribution in [0.3, 0.4) is 0 Å². The van der Waals surface area contributed by atoms with Gasteiger partial charge in [0.15, 0.2) is 0 Å². The van der Waals surface area contributed by atoms with Crippen LogP contribution in [0.2, 0.25) is 0 Å². The summed E-state index contributed by atoms with van der Waals surface area (Å²) in [5, 5.41) is 13.0. The minimum absolute atomic E-state index is 0.247. The summed E-state index contributed by atoms with van der Waals surface area (Å²) in [6.45, 7) is 7.85. The topological polar surface area (TPSA) is 61.3 Å². The fourth-order valence-electron chi connectivity index (χ4n) is 2.48. The van der Waals surface area contributed by atoms with Crippen molar-refractivity contribution in [1.82, 2.24) is 9.97 Å². The van der Waals surface area contributed by atoms with Crippen LogP contribution < -0.4 is 10.2 Å². The molecule has 19 heavy (non-hydrogen) atoms. The maximum absolute atomic E-state index is 9.84. The molecule has 0 radical (unpaired) electrons. The zero-order chi connectivity index (χ0) is 14.0. The number of hydrogen-bond acceptors (Lipinski definition) is 5. The Balaban J connectivity index is 2.39. The van der Waals surface area contributed by atoms with Gasteiger partial charge in [0.25, 0.3) is 0 Å². The van der Waals surface area contributed by atoms with Gasteiger partial charge in [0.1, 0.15) is 17.5 Å². The Kier molecular flexibility index (Phi) is 4.24. The average Bonchev–Trinajstić information content (AvgIpc) is 2.38. The van der Waals surface area contributed by atoms with Crippen LogP contribution in [0.4, 0.5) is 11.6 Å². The van der Waals surface area contributed by atoms with Crippen molar-refractivity contribution in [3.63, 3.8) is 0 Å². The lowest BCUT2D eigenvalue weighted by molar-refractivity contribution is 0.154. The van der Waals surface area contributed by atoms with Crippen LogP contribution in [0.25, 0.3) is 0 Å². The molecule has 5 nitrogen and oxygen atoms in total. The Morgan fingerprint density at radius 2 is 2.11 bits per heavy atom. The first-order valence-corrected chi connectivity index (χ1v) is 7.02. The monoisotopic (exact) mass is 264 g/mol. The van der Waals surface area contributed by atoms with E-state index in [0.29, 0.717) is 12.5 Å². The standard InChI is InChI=1S/C14H24N4O/c1-9(2)12-16-13(15-4)10(3)14(17-12)18-7-5-6-11(19)8-18/h9,11,19H,5-8H2,1-4H3,(H,15,16,17). The van der Waals surface area contributed by atoms with Gasteiger partial charge in [-0.1, -0.05) is 13.8 Å². The van der Waals surface area contributed by atoms with Gasteiger partial charge in [-0.25, -0.2) is 9.97 Å². The number of aliphatic hydroxyl groups excluding tert-OH is 1. The van der Waals surface area contributed by atoms with Crippen molar-refractivity contribution in [2.75, 3.05) is 30.4 Å². The average molecular weight is 264 g/mol. The summed E-state index contributed by atoms with van der Waals surface area (Å²) in [6, 6.07) is 0. The second-order valence-corrected chi connectivity index (χ2v) is 5.53. The molecule has 1 saturated heterocycles. The molecule has 2 heterocycles. The van der Waals surface area contributed by atoms with Crippen molar-refractivity contribution >= 4 is 11.6 Å².